The molecule has 0 aliphatic carbocycles. The van der Waals surface area contributed by atoms with Crippen LogP contribution in [0.5, 0.6) is 0 Å². The van der Waals surface area contributed by atoms with E-state index in [4.69, 9.17) is 4.42 Å². The first-order valence-corrected chi connectivity index (χ1v) is 11.3. The lowest BCUT2D eigenvalue weighted by molar-refractivity contribution is -0.132. The quantitative estimate of drug-likeness (QED) is 0.276. The van der Waals surface area contributed by atoms with Crippen LogP contribution in [-0.4, -0.2) is 17.5 Å². The third-order valence-corrected chi connectivity index (χ3v) is 5.65. The number of halogens is 2. The van der Waals surface area contributed by atoms with Crippen molar-refractivity contribution in [3.05, 3.63) is 111 Å². The van der Waals surface area contributed by atoms with Crippen LogP contribution in [0.25, 0.3) is 16.5 Å². The third-order valence-electron chi connectivity index (χ3n) is 5.65. The molecule has 2 rings (SSSR count). The Hall–Kier alpha value is -4.00. The summed E-state index contributed by atoms with van der Waals surface area (Å²) in [5.74, 6) is -0.829. The molecule has 1 atom stereocenters. The molecule has 0 amide bonds. The third kappa shape index (κ3) is 6.56. The van der Waals surface area contributed by atoms with Crippen molar-refractivity contribution in [1.29, 1.82) is 0 Å². The van der Waals surface area contributed by atoms with Crippen LogP contribution in [-0.2, 0) is 4.79 Å². The molecule has 0 saturated heterocycles. The van der Waals surface area contributed by atoms with E-state index in [1.807, 2.05) is 19.9 Å². The number of aliphatic carboxylic acids is 1. The summed E-state index contributed by atoms with van der Waals surface area (Å²) in [6.45, 7) is 15.7. The molecule has 1 unspecified atom stereocenters. The predicted molar refractivity (Wildman–Crippen MR) is 141 cm³/mol. The molecule has 0 aliphatic heterocycles. The van der Waals surface area contributed by atoms with Gasteiger partial charge in [-0.05, 0) is 57.9 Å². The summed E-state index contributed by atoms with van der Waals surface area (Å²) in [5, 5.41) is 13.0. The summed E-state index contributed by atoms with van der Waals surface area (Å²) in [7, 11) is 0. The molecule has 1 aromatic carbocycles. The van der Waals surface area contributed by atoms with Gasteiger partial charge in [0.1, 0.15) is 11.3 Å². The van der Waals surface area contributed by atoms with Crippen molar-refractivity contribution in [3.63, 3.8) is 0 Å². The molecule has 0 radical (unpaired) electrons. The van der Waals surface area contributed by atoms with Crippen LogP contribution in [0.2, 0.25) is 0 Å². The summed E-state index contributed by atoms with van der Waals surface area (Å²) in [4.78, 5) is 24.8. The van der Waals surface area contributed by atoms with Crippen molar-refractivity contribution in [1.82, 2.24) is 5.32 Å². The molecule has 190 valence electrons. The molecule has 0 bridgehead atoms. The molecule has 2 aromatic rings. The molecular formula is C29H31F2NO4. The highest BCUT2D eigenvalue weighted by Crippen LogP contribution is 2.30. The maximum Gasteiger partial charge on any atom is 0.333 e. The maximum absolute atomic E-state index is 13.2. The number of alkyl halides is 2. The van der Waals surface area contributed by atoms with Crippen molar-refractivity contribution in [3.8, 4) is 0 Å². The fourth-order valence-electron chi connectivity index (χ4n) is 3.53. The average Bonchev–Trinajstić information content (AvgIpc) is 2.82. The molecule has 0 aliphatic rings. The van der Waals surface area contributed by atoms with Gasteiger partial charge in [-0.25, -0.2) is 13.6 Å². The second-order valence-electron chi connectivity index (χ2n) is 8.52. The Kier molecular flexibility index (Phi) is 9.50. The normalized spacial score (nSPS) is 13.9. The number of carboxylic acid groups (broad SMARTS) is 1. The molecule has 7 heteroatoms. The maximum atomic E-state index is 13.2. The second-order valence-corrected chi connectivity index (χ2v) is 8.52. The summed E-state index contributed by atoms with van der Waals surface area (Å²) in [6.07, 6.45) is 6.43. The van der Waals surface area contributed by atoms with Crippen LogP contribution in [0.1, 0.15) is 49.3 Å². The van der Waals surface area contributed by atoms with Gasteiger partial charge in [-0.2, -0.15) is 0 Å². The molecule has 1 aromatic heterocycles. The van der Waals surface area contributed by atoms with E-state index in [0.29, 0.717) is 33.4 Å². The fraction of sp³-hybridized carbons (Fsp3) is 0.241. The van der Waals surface area contributed by atoms with E-state index in [0.717, 1.165) is 5.56 Å². The summed E-state index contributed by atoms with van der Waals surface area (Å²) in [5.41, 5.74) is 2.68. The van der Waals surface area contributed by atoms with E-state index in [1.165, 1.54) is 38.2 Å². The number of rotatable bonds is 10. The van der Waals surface area contributed by atoms with Gasteiger partial charge in [0.15, 0.2) is 5.43 Å². The van der Waals surface area contributed by atoms with Crippen LogP contribution >= 0.6 is 0 Å². The van der Waals surface area contributed by atoms with Crippen molar-refractivity contribution >= 4 is 22.5 Å². The first-order valence-electron chi connectivity index (χ1n) is 11.3. The fourth-order valence-corrected chi connectivity index (χ4v) is 3.53. The molecule has 0 spiro atoms. The largest absolute Gasteiger partial charge is 0.478 e. The van der Waals surface area contributed by atoms with Crippen molar-refractivity contribution in [2.75, 3.05) is 0 Å². The van der Waals surface area contributed by atoms with E-state index in [-0.39, 0.29) is 22.3 Å². The highest BCUT2D eigenvalue weighted by molar-refractivity contribution is 5.87. The van der Waals surface area contributed by atoms with Gasteiger partial charge in [-0.15, -0.1) is 0 Å². The number of nitrogens with one attached hydrogen (secondary N) is 1. The number of hydrogen-bond donors (Lipinski definition) is 2. The van der Waals surface area contributed by atoms with Gasteiger partial charge >= 0.3 is 5.97 Å². The smallest absolute Gasteiger partial charge is 0.333 e. The molecule has 36 heavy (non-hydrogen) atoms. The zero-order valence-electron chi connectivity index (χ0n) is 21.1. The van der Waals surface area contributed by atoms with Gasteiger partial charge in [0.25, 0.3) is 6.43 Å². The second kappa shape index (κ2) is 12.1. The minimum Gasteiger partial charge on any atom is -0.478 e. The number of aryl methyl sites for hydroxylation is 1. The molecular weight excluding hydrogens is 464 g/mol. The SMILES string of the molecule is C=C/C=C\C(NC(C)c1cc(C)cc2c(=O)c(C)c(C(=C)/C=C\C=C(/C)C(F)F)oc12)=C(/C)C(=O)O. The van der Waals surface area contributed by atoms with Crippen molar-refractivity contribution < 1.29 is 23.1 Å². The van der Waals surface area contributed by atoms with Gasteiger partial charge in [-0.3, -0.25) is 4.79 Å². The molecule has 1 heterocycles. The van der Waals surface area contributed by atoms with E-state index < -0.39 is 18.4 Å². The lowest BCUT2D eigenvalue weighted by Gasteiger charge is -2.20. The monoisotopic (exact) mass is 495 g/mol. The van der Waals surface area contributed by atoms with Crippen LogP contribution < -0.4 is 10.7 Å². The van der Waals surface area contributed by atoms with Crippen LogP contribution in [0.3, 0.4) is 0 Å². The van der Waals surface area contributed by atoms with Crippen LogP contribution in [0, 0.1) is 13.8 Å². The standard InChI is InChI=1S/C29H31F2NO4/c1-8-9-13-24(19(5)29(34)35)32-21(7)22-14-16(2)15-23-25(33)20(6)26(36-27(22)23)17(3)11-10-12-18(4)28(30)31/h8-15,21,28,32H,1,3H2,2,4-7H3,(H,34,35)/b11-10-,13-9-,18-12+,24-19-. The minimum absolute atomic E-state index is 0.0978. The molecule has 0 fully saturated rings. The lowest BCUT2D eigenvalue weighted by Crippen LogP contribution is -2.21. The topological polar surface area (TPSA) is 79.5 Å². The van der Waals surface area contributed by atoms with E-state index in [2.05, 4.69) is 18.5 Å². The number of fused-ring (bicyclic) bond motifs is 1. The Balaban J connectivity index is 2.66. The minimum atomic E-state index is -2.56. The first-order chi connectivity index (χ1) is 16.9. The Morgan fingerprint density at radius 3 is 2.42 bits per heavy atom. The van der Waals surface area contributed by atoms with Crippen molar-refractivity contribution in [2.24, 2.45) is 0 Å². The van der Waals surface area contributed by atoms with E-state index in [9.17, 15) is 23.5 Å². The Morgan fingerprint density at radius 2 is 1.83 bits per heavy atom. The van der Waals surface area contributed by atoms with Crippen LogP contribution in [0.4, 0.5) is 8.78 Å². The van der Waals surface area contributed by atoms with Crippen molar-refractivity contribution in [2.45, 2.75) is 47.1 Å². The number of carbonyl (C=O) groups is 1. The summed E-state index contributed by atoms with van der Waals surface area (Å²) in [6, 6.07) is 3.16. The molecule has 5 nitrogen and oxygen atoms in total. The first kappa shape index (κ1) is 28.2. The Bertz CT molecular complexity index is 1370. The molecule has 2 N–H and O–H groups in total. The number of carboxylic acids is 1. The van der Waals surface area contributed by atoms with Crippen LogP contribution in [0.15, 0.2) is 87.8 Å². The van der Waals surface area contributed by atoms with Gasteiger partial charge in [0.2, 0.25) is 0 Å². The molecule has 0 saturated carbocycles. The van der Waals surface area contributed by atoms with Gasteiger partial charge in [-0.1, -0.05) is 49.6 Å². The Morgan fingerprint density at radius 1 is 1.17 bits per heavy atom. The Labute approximate surface area is 209 Å². The van der Waals surface area contributed by atoms with E-state index >= 15 is 0 Å². The predicted octanol–water partition coefficient (Wildman–Crippen LogP) is 6.94. The van der Waals surface area contributed by atoms with Gasteiger partial charge in [0.05, 0.1) is 17.0 Å². The zero-order chi connectivity index (χ0) is 27.2. The summed E-state index contributed by atoms with van der Waals surface area (Å²) >= 11 is 0. The van der Waals surface area contributed by atoms with Gasteiger partial charge in [0, 0.05) is 22.4 Å². The highest BCUT2D eigenvalue weighted by Gasteiger charge is 2.20. The van der Waals surface area contributed by atoms with E-state index in [1.54, 1.807) is 25.1 Å². The zero-order valence-corrected chi connectivity index (χ0v) is 21.1. The average molecular weight is 496 g/mol. The number of benzene rings is 1. The summed E-state index contributed by atoms with van der Waals surface area (Å²) < 4.78 is 31.7. The number of allylic oxidation sites excluding steroid dienone is 8. The number of hydrogen-bond acceptors (Lipinski definition) is 4. The lowest BCUT2D eigenvalue weighted by atomic mass is 9.98. The van der Waals surface area contributed by atoms with Gasteiger partial charge < -0.3 is 14.8 Å². The highest BCUT2D eigenvalue weighted by atomic mass is 19.3.